The van der Waals surface area contributed by atoms with Crippen LogP contribution in [0.15, 0.2) is 12.7 Å². The first kappa shape index (κ1) is 9.85. The number of carbonyl (C=O) groups excluding carboxylic acids is 1. The van der Waals surface area contributed by atoms with Gasteiger partial charge in [-0.05, 0) is 24.9 Å². The predicted octanol–water partition coefficient (Wildman–Crippen LogP) is 1.15. The first-order chi connectivity index (χ1) is 6.25. The molecule has 1 heterocycles. The van der Waals surface area contributed by atoms with Crippen LogP contribution in [0.5, 0.6) is 0 Å². The van der Waals surface area contributed by atoms with Gasteiger partial charge in [0, 0.05) is 6.54 Å². The van der Waals surface area contributed by atoms with Gasteiger partial charge in [-0.1, -0.05) is 10.6 Å². The van der Waals surface area contributed by atoms with Crippen molar-refractivity contribution < 1.29 is 4.79 Å². The van der Waals surface area contributed by atoms with E-state index < -0.39 is 0 Å². The van der Waals surface area contributed by atoms with Gasteiger partial charge in [-0.15, -0.1) is 11.7 Å². The molecule has 0 bridgehead atoms. The molecule has 0 saturated heterocycles. The number of aryl methyl sites for hydroxylation is 1. The third-order valence-electron chi connectivity index (χ3n) is 1.49. The first-order valence-electron chi connectivity index (χ1n) is 3.93. The number of rotatable bonds is 4. The monoisotopic (exact) mass is 197 g/mol. The second-order valence-electron chi connectivity index (χ2n) is 2.52. The van der Waals surface area contributed by atoms with E-state index in [0.29, 0.717) is 17.1 Å². The van der Waals surface area contributed by atoms with Crippen LogP contribution < -0.4 is 5.32 Å². The standard InChI is InChI=1S/C8H11N3OS/c1-3-4-5-9-8(12)7-6(2)10-11-13-7/h3H,1,4-5H2,2H3,(H,9,12). The normalized spacial score (nSPS) is 9.62. The van der Waals surface area contributed by atoms with Crippen LogP contribution >= 0.6 is 11.5 Å². The van der Waals surface area contributed by atoms with Gasteiger partial charge < -0.3 is 5.32 Å². The van der Waals surface area contributed by atoms with E-state index in [1.807, 2.05) is 0 Å². The van der Waals surface area contributed by atoms with E-state index in [1.54, 1.807) is 13.0 Å². The zero-order chi connectivity index (χ0) is 9.68. The second kappa shape index (κ2) is 4.71. The van der Waals surface area contributed by atoms with E-state index in [9.17, 15) is 4.79 Å². The molecule has 1 aromatic heterocycles. The Balaban J connectivity index is 2.49. The molecule has 5 heteroatoms. The minimum absolute atomic E-state index is 0.102. The minimum atomic E-state index is -0.102. The highest BCUT2D eigenvalue weighted by atomic mass is 32.1. The Bertz CT molecular complexity index is 308. The maximum absolute atomic E-state index is 11.4. The van der Waals surface area contributed by atoms with Gasteiger partial charge in [0.15, 0.2) is 0 Å². The van der Waals surface area contributed by atoms with Gasteiger partial charge in [0.25, 0.3) is 5.91 Å². The van der Waals surface area contributed by atoms with Gasteiger partial charge >= 0.3 is 0 Å². The average Bonchev–Trinajstić information content (AvgIpc) is 2.52. The molecule has 1 rings (SSSR count). The lowest BCUT2D eigenvalue weighted by molar-refractivity contribution is 0.0957. The number of hydrogen-bond donors (Lipinski definition) is 1. The molecule has 70 valence electrons. The predicted molar refractivity (Wildman–Crippen MR) is 51.8 cm³/mol. The third-order valence-corrected chi connectivity index (χ3v) is 2.32. The van der Waals surface area contributed by atoms with Crippen LogP contribution in [0.3, 0.4) is 0 Å². The quantitative estimate of drug-likeness (QED) is 0.582. The van der Waals surface area contributed by atoms with Crippen molar-refractivity contribution in [1.82, 2.24) is 14.9 Å². The molecule has 1 amide bonds. The SMILES string of the molecule is C=CCCNC(=O)c1snnc1C. The number of carbonyl (C=O) groups is 1. The summed E-state index contributed by atoms with van der Waals surface area (Å²) in [6, 6.07) is 0. The van der Waals surface area contributed by atoms with Gasteiger partial charge in [0.2, 0.25) is 0 Å². The van der Waals surface area contributed by atoms with Crippen molar-refractivity contribution in [3.05, 3.63) is 23.2 Å². The van der Waals surface area contributed by atoms with Crippen molar-refractivity contribution in [2.24, 2.45) is 0 Å². The van der Waals surface area contributed by atoms with Gasteiger partial charge in [-0.25, -0.2) is 0 Å². The maximum Gasteiger partial charge on any atom is 0.264 e. The molecule has 0 unspecified atom stereocenters. The van der Waals surface area contributed by atoms with E-state index in [0.717, 1.165) is 18.0 Å². The summed E-state index contributed by atoms with van der Waals surface area (Å²) in [5.41, 5.74) is 0.682. The Morgan fingerprint density at radius 2 is 2.54 bits per heavy atom. The van der Waals surface area contributed by atoms with Crippen molar-refractivity contribution in [3.63, 3.8) is 0 Å². The topological polar surface area (TPSA) is 54.9 Å². The van der Waals surface area contributed by atoms with Crippen LogP contribution in [0.1, 0.15) is 21.8 Å². The molecule has 0 fully saturated rings. The molecular formula is C8H11N3OS. The van der Waals surface area contributed by atoms with Crippen LogP contribution in [0.2, 0.25) is 0 Å². The molecule has 0 aromatic carbocycles. The van der Waals surface area contributed by atoms with Crippen LogP contribution in [0.4, 0.5) is 0 Å². The number of nitrogens with one attached hydrogen (secondary N) is 1. The lowest BCUT2D eigenvalue weighted by Gasteiger charge is -1.99. The molecular weight excluding hydrogens is 186 g/mol. The smallest absolute Gasteiger partial charge is 0.264 e. The molecule has 13 heavy (non-hydrogen) atoms. The number of hydrogen-bond acceptors (Lipinski definition) is 4. The molecule has 0 spiro atoms. The molecule has 0 aliphatic heterocycles. The third kappa shape index (κ3) is 2.62. The Labute approximate surface area is 80.8 Å². The second-order valence-corrected chi connectivity index (χ2v) is 3.27. The summed E-state index contributed by atoms with van der Waals surface area (Å²) in [4.78, 5) is 12.0. The minimum Gasteiger partial charge on any atom is -0.351 e. The largest absolute Gasteiger partial charge is 0.351 e. The van der Waals surface area contributed by atoms with E-state index in [2.05, 4.69) is 21.5 Å². The number of amides is 1. The van der Waals surface area contributed by atoms with Crippen molar-refractivity contribution in [1.29, 1.82) is 0 Å². The molecule has 4 nitrogen and oxygen atoms in total. The first-order valence-corrected chi connectivity index (χ1v) is 4.71. The molecule has 1 N–H and O–H groups in total. The highest BCUT2D eigenvalue weighted by molar-refractivity contribution is 7.07. The van der Waals surface area contributed by atoms with Crippen molar-refractivity contribution in [3.8, 4) is 0 Å². The van der Waals surface area contributed by atoms with Crippen LogP contribution in [0, 0.1) is 6.92 Å². The van der Waals surface area contributed by atoms with Crippen molar-refractivity contribution >= 4 is 17.4 Å². The summed E-state index contributed by atoms with van der Waals surface area (Å²) < 4.78 is 3.68. The van der Waals surface area contributed by atoms with Gasteiger partial charge in [-0.2, -0.15) is 0 Å². The zero-order valence-corrected chi connectivity index (χ0v) is 8.23. The molecule has 0 saturated carbocycles. The van der Waals surface area contributed by atoms with E-state index in [-0.39, 0.29) is 5.91 Å². The van der Waals surface area contributed by atoms with Gasteiger partial charge in [-0.3, -0.25) is 4.79 Å². The Morgan fingerprint density at radius 1 is 1.77 bits per heavy atom. The summed E-state index contributed by atoms with van der Waals surface area (Å²) in [6.45, 7) is 5.94. The van der Waals surface area contributed by atoms with Crippen LogP contribution in [0.25, 0.3) is 0 Å². The zero-order valence-electron chi connectivity index (χ0n) is 7.41. The van der Waals surface area contributed by atoms with Crippen LogP contribution in [-0.4, -0.2) is 22.0 Å². The van der Waals surface area contributed by atoms with Crippen LogP contribution in [-0.2, 0) is 0 Å². The van der Waals surface area contributed by atoms with E-state index >= 15 is 0 Å². The fourth-order valence-corrected chi connectivity index (χ4v) is 1.38. The fraction of sp³-hybridized carbons (Fsp3) is 0.375. The van der Waals surface area contributed by atoms with E-state index in [1.165, 1.54) is 0 Å². The summed E-state index contributed by atoms with van der Waals surface area (Å²) in [6.07, 6.45) is 2.54. The Kier molecular flexibility index (Phi) is 3.57. The number of aromatic nitrogens is 2. The van der Waals surface area contributed by atoms with Crippen molar-refractivity contribution in [2.45, 2.75) is 13.3 Å². The lowest BCUT2D eigenvalue weighted by Crippen LogP contribution is -2.23. The van der Waals surface area contributed by atoms with E-state index in [4.69, 9.17) is 0 Å². The molecule has 0 aliphatic carbocycles. The summed E-state index contributed by atoms with van der Waals surface area (Å²) >= 11 is 1.12. The Hall–Kier alpha value is -1.23. The number of nitrogens with zero attached hydrogens (tertiary/aromatic N) is 2. The van der Waals surface area contributed by atoms with Gasteiger partial charge in [0.05, 0.1) is 5.69 Å². The highest BCUT2D eigenvalue weighted by Gasteiger charge is 2.11. The summed E-state index contributed by atoms with van der Waals surface area (Å²) in [5, 5.41) is 6.50. The molecule has 0 aliphatic rings. The molecule has 0 radical (unpaired) electrons. The summed E-state index contributed by atoms with van der Waals surface area (Å²) in [7, 11) is 0. The molecule has 1 aromatic rings. The molecule has 0 atom stereocenters. The fourth-order valence-electron chi connectivity index (χ4n) is 0.808. The van der Waals surface area contributed by atoms with Gasteiger partial charge in [0.1, 0.15) is 4.88 Å². The lowest BCUT2D eigenvalue weighted by atomic mass is 10.3. The van der Waals surface area contributed by atoms with Crippen molar-refractivity contribution in [2.75, 3.05) is 6.54 Å². The summed E-state index contributed by atoms with van der Waals surface area (Å²) in [5.74, 6) is -0.102. The maximum atomic E-state index is 11.4. The highest BCUT2D eigenvalue weighted by Crippen LogP contribution is 2.07. The average molecular weight is 197 g/mol. The Morgan fingerprint density at radius 3 is 3.08 bits per heavy atom.